The second-order valence-corrected chi connectivity index (χ2v) is 3.04. The van der Waals surface area contributed by atoms with Gasteiger partial charge in [-0.15, -0.1) is 0 Å². The second kappa shape index (κ2) is 7.26. The van der Waals surface area contributed by atoms with Crippen molar-refractivity contribution in [2.24, 2.45) is 0 Å². The minimum Gasteiger partial charge on any atom is -0.447 e. The summed E-state index contributed by atoms with van der Waals surface area (Å²) in [7, 11) is 0. The van der Waals surface area contributed by atoms with Crippen LogP contribution in [-0.2, 0) is 11.3 Å². The van der Waals surface area contributed by atoms with Gasteiger partial charge in [0.15, 0.2) is 0 Å². The molecule has 78 valence electrons. The van der Waals surface area contributed by atoms with Crippen molar-refractivity contribution in [1.29, 1.82) is 0 Å². The summed E-state index contributed by atoms with van der Waals surface area (Å²) in [6.07, 6.45) is 1.46. The Bertz CT molecular complexity index is 313. The van der Waals surface area contributed by atoms with Crippen molar-refractivity contribution in [2.75, 3.05) is 6.51 Å². The number of nitrogens with zero attached hydrogens (tertiary/aromatic N) is 1. The molecule has 0 aliphatic rings. The molecule has 0 N–H and O–H groups in total. The molecule has 0 aliphatic heterocycles. The summed E-state index contributed by atoms with van der Waals surface area (Å²) >= 11 is 5.61. The van der Waals surface area contributed by atoms with E-state index in [1.54, 1.807) is 12.1 Å². The minimum atomic E-state index is -4.90. The van der Waals surface area contributed by atoms with E-state index < -0.39 is 13.5 Å². The monoisotopic (exact) mass is 263 g/mol. The minimum absolute atomic E-state index is 0. The van der Waals surface area contributed by atoms with Gasteiger partial charge in [0.25, 0.3) is 0 Å². The molecule has 0 atom stereocenters. The van der Waals surface area contributed by atoms with Crippen molar-refractivity contribution in [2.45, 2.75) is 6.61 Å². The third-order valence-electron chi connectivity index (χ3n) is 1.40. The van der Waals surface area contributed by atoms with E-state index in [2.05, 4.69) is 9.72 Å². The third kappa shape index (κ3) is 6.93. The summed E-state index contributed by atoms with van der Waals surface area (Å²) in [4.78, 5) is 3.70. The van der Waals surface area contributed by atoms with Gasteiger partial charge >= 0.3 is 58.4 Å². The fourth-order valence-electron chi connectivity index (χ4n) is 0.830. The van der Waals surface area contributed by atoms with E-state index in [9.17, 15) is 12.9 Å². The van der Waals surface area contributed by atoms with Crippen molar-refractivity contribution in [1.82, 2.24) is 4.98 Å². The van der Waals surface area contributed by atoms with Crippen LogP contribution in [0.3, 0.4) is 0 Å². The first-order chi connectivity index (χ1) is 6.49. The zero-order valence-electron chi connectivity index (χ0n) is 8.09. The van der Waals surface area contributed by atoms with Crippen LogP contribution in [0.2, 0.25) is 5.15 Å². The van der Waals surface area contributed by atoms with Crippen LogP contribution in [0.25, 0.3) is 0 Å². The molecule has 1 aromatic rings. The summed E-state index contributed by atoms with van der Waals surface area (Å²) in [6.45, 7) is -6.29. The number of ether oxygens (including phenoxy) is 1. The third-order valence-corrected chi connectivity index (χ3v) is 1.74. The molecule has 1 aromatic heterocycles. The Morgan fingerprint density at radius 1 is 1.40 bits per heavy atom. The molecule has 0 saturated heterocycles. The number of hydrogen-bond donors (Lipinski definition) is 0. The first-order valence-corrected chi connectivity index (χ1v) is 4.25. The van der Waals surface area contributed by atoms with E-state index in [4.69, 9.17) is 11.6 Å². The quantitative estimate of drug-likeness (QED) is 0.547. The number of hydrogen-bond acceptors (Lipinski definition) is 2. The first-order valence-electron chi connectivity index (χ1n) is 3.87. The van der Waals surface area contributed by atoms with Gasteiger partial charge in [0.05, 0.1) is 6.61 Å². The Balaban J connectivity index is 0.00000196. The Morgan fingerprint density at radius 2 is 2.07 bits per heavy atom. The summed E-state index contributed by atoms with van der Waals surface area (Å²) in [5.41, 5.74) is 0.453. The van der Waals surface area contributed by atoms with E-state index in [1.165, 1.54) is 6.20 Å². The van der Waals surface area contributed by atoms with E-state index in [1.807, 2.05) is 0 Å². The van der Waals surface area contributed by atoms with Gasteiger partial charge < -0.3 is 17.7 Å². The molecule has 0 aliphatic carbocycles. The van der Waals surface area contributed by atoms with Crippen LogP contribution in [0.5, 0.6) is 0 Å². The Morgan fingerprint density at radius 3 is 2.60 bits per heavy atom. The fraction of sp³-hybridized carbons (Fsp3) is 0.286. The zero-order chi connectivity index (χ0) is 10.6. The van der Waals surface area contributed by atoms with Gasteiger partial charge in [-0.25, -0.2) is 4.98 Å². The zero-order valence-corrected chi connectivity index (χ0v) is 12.0. The first kappa shape index (κ1) is 15.9. The smallest absolute Gasteiger partial charge is 0.447 e. The summed E-state index contributed by atoms with van der Waals surface area (Å²) in [6, 6.07) is 3.15. The molecular formula is C7H7BClF3KNO. The summed E-state index contributed by atoms with van der Waals surface area (Å²) in [5.74, 6) is 0. The Labute approximate surface area is 133 Å². The molecule has 0 spiro atoms. The van der Waals surface area contributed by atoms with Gasteiger partial charge in [0.1, 0.15) is 5.15 Å². The van der Waals surface area contributed by atoms with Crippen LogP contribution in [0, 0.1) is 0 Å². The maximum atomic E-state index is 11.7. The molecule has 0 bridgehead atoms. The SMILES string of the molecule is F[B-](F)(F)COCc1cccnc1Cl.[K+]. The molecule has 15 heavy (non-hydrogen) atoms. The molecule has 1 rings (SSSR count). The average molecular weight is 263 g/mol. The molecule has 0 amide bonds. The van der Waals surface area contributed by atoms with Crippen LogP contribution in [0.4, 0.5) is 12.9 Å². The van der Waals surface area contributed by atoms with E-state index in [0.717, 1.165) is 0 Å². The van der Waals surface area contributed by atoms with E-state index in [0.29, 0.717) is 5.56 Å². The molecule has 8 heteroatoms. The molecule has 1 heterocycles. The van der Waals surface area contributed by atoms with Gasteiger partial charge in [-0.2, -0.15) is 0 Å². The van der Waals surface area contributed by atoms with Crippen LogP contribution in [0.1, 0.15) is 5.56 Å². The number of pyridine rings is 1. The second-order valence-electron chi connectivity index (χ2n) is 2.68. The molecule has 0 unspecified atom stereocenters. The predicted molar refractivity (Wildman–Crippen MR) is 48.0 cm³/mol. The largest absolute Gasteiger partial charge is 1.00 e. The molecule has 0 aromatic carbocycles. The van der Waals surface area contributed by atoms with Crippen molar-refractivity contribution in [3.63, 3.8) is 0 Å². The van der Waals surface area contributed by atoms with Crippen LogP contribution in [-0.4, -0.2) is 18.5 Å². The maximum Gasteiger partial charge on any atom is 1.00 e. The maximum absolute atomic E-state index is 11.7. The van der Waals surface area contributed by atoms with Crippen LogP contribution < -0.4 is 51.4 Å². The molecule has 0 saturated carbocycles. The number of halogens is 4. The Kier molecular flexibility index (Phi) is 7.69. The molecular weight excluding hydrogens is 256 g/mol. The molecule has 2 nitrogen and oxygen atoms in total. The van der Waals surface area contributed by atoms with Crippen LogP contribution >= 0.6 is 11.6 Å². The van der Waals surface area contributed by atoms with Crippen LogP contribution in [0.15, 0.2) is 18.3 Å². The van der Waals surface area contributed by atoms with Crippen molar-refractivity contribution >= 4 is 18.6 Å². The normalized spacial score (nSPS) is 10.9. The van der Waals surface area contributed by atoms with Gasteiger partial charge in [-0.1, -0.05) is 17.7 Å². The van der Waals surface area contributed by atoms with Gasteiger partial charge in [0, 0.05) is 18.3 Å². The Hall–Kier alpha value is 0.891. The predicted octanol–water partition coefficient (Wildman–Crippen LogP) is -0.358. The molecule has 0 fully saturated rings. The number of rotatable bonds is 4. The van der Waals surface area contributed by atoms with Gasteiger partial charge in [-0.3, -0.25) is 0 Å². The van der Waals surface area contributed by atoms with Crippen molar-refractivity contribution < 1.29 is 69.1 Å². The van der Waals surface area contributed by atoms with Gasteiger partial charge in [0.2, 0.25) is 0 Å². The van der Waals surface area contributed by atoms with Crippen molar-refractivity contribution in [3.05, 3.63) is 29.0 Å². The summed E-state index contributed by atoms with van der Waals surface area (Å²) < 4.78 is 39.7. The van der Waals surface area contributed by atoms with Gasteiger partial charge in [-0.05, 0) is 6.07 Å². The summed E-state index contributed by atoms with van der Waals surface area (Å²) in [5, 5.41) is 0.169. The van der Waals surface area contributed by atoms with Crippen molar-refractivity contribution in [3.8, 4) is 0 Å². The number of aromatic nitrogens is 1. The average Bonchev–Trinajstić information content (AvgIpc) is 2.06. The fourth-order valence-corrected chi connectivity index (χ4v) is 1.00. The standard InChI is InChI=1S/C7H7BClF3NO.K/c9-7-6(2-1-3-13-7)4-14-5-8(10,11)12;/h1-3H,4-5H2;/q-1;+1. The van der Waals surface area contributed by atoms with E-state index in [-0.39, 0.29) is 63.1 Å². The molecule has 0 radical (unpaired) electrons. The topological polar surface area (TPSA) is 22.1 Å². The van der Waals surface area contributed by atoms with E-state index >= 15 is 0 Å².